The number of carbonyl (C=O) groups excluding carboxylic acids is 1. The molecule has 164 valence electrons. The Balaban J connectivity index is 1.41. The van der Waals surface area contributed by atoms with Crippen molar-refractivity contribution in [3.63, 3.8) is 0 Å². The van der Waals surface area contributed by atoms with Crippen LogP contribution in [0.3, 0.4) is 0 Å². The zero-order valence-electron chi connectivity index (χ0n) is 17.3. The van der Waals surface area contributed by atoms with Crippen LogP contribution in [0.4, 0.5) is 0 Å². The van der Waals surface area contributed by atoms with Gasteiger partial charge in [-0.1, -0.05) is 30.3 Å². The summed E-state index contributed by atoms with van der Waals surface area (Å²) in [6.07, 6.45) is 2.15. The largest absolute Gasteiger partial charge is 0.468 e. The van der Waals surface area contributed by atoms with Crippen molar-refractivity contribution in [2.45, 2.75) is 30.9 Å². The third kappa shape index (κ3) is 6.78. The summed E-state index contributed by atoms with van der Waals surface area (Å²) in [5.74, 6) is 0.255. The van der Waals surface area contributed by atoms with Gasteiger partial charge in [-0.2, -0.15) is 0 Å². The first-order valence-electron chi connectivity index (χ1n) is 10.0. The van der Waals surface area contributed by atoms with E-state index in [1.54, 1.807) is 12.1 Å². The van der Waals surface area contributed by atoms with E-state index in [4.69, 9.17) is 9.15 Å². The first kappa shape index (κ1) is 22.7. The topological polar surface area (TPSA) is 97.6 Å². The molecule has 0 fully saturated rings. The minimum absolute atomic E-state index is 0.00668. The van der Waals surface area contributed by atoms with E-state index in [1.165, 1.54) is 30.5 Å². The van der Waals surface area contributed by atoms with Crippen molar-refractivity contribution < 1.29 is 22.4 Å². The molecule has 7 nitrogen and oxygen atoms in total. The van der Waals surface area contributed by atoms with Gasteiger partial charge in [0.25, 0.3) is 5.91 Å². The van der Waals surface area contributed by atoms with Crippen LogP contribution in [0.25, 0.3) is 0 Å². The summed E-state index contributed by atoms with van der Waals surface area (Å²) < 4.78 is 38.0. The van der Waals surface area contributed by atoms with E-state index in [0.29, 0.717) is 30.9 Å². The van der Waals surface area contributed by atoms with Crippen molar-refractivity contribution in [1.82, 2.24) is 10.0 Å². The van der Waals surface area contributed by atoms with Crippen LogP contribution in [0.2, 0.25) is 0 Å². The average molecular weight is 443 g/mol. The van der Waals surface area contributed by atoms with Crippen LogP contribution in [-0.2, 0) is 21.3 Å². The van der Waals surface area contributed by atoms with E-state index in [0.717, 1.165) is 5.56 Å². The van der Waals surface area contributed by atoms with Crippen molar-refractivity contribution >= 4 is 15.9 Å². The number of ether oxygens (including phenoxy) is 1. The molecular formula is C23H26N2O5S. The van der Waals surface area contributed by atoms with E-state index in [-0.39, 0.29) is 23.5 Å². The molecular weight excluding hydrogens is 416 g/mol. The van der Waals surface area contributed by atoms with Crippen LogP contribution in [0.15, 0.2) is 82.3 Å². The van der Waals surface area contributed by atoms with Gasteiger partial charge in [-0.3, -0.25) is 4.79 Å². The number of nitrogens with one attached hydrogen (secondary N) is 2. The third-order valence-electron chi connectivity index (χ3n) is 4.69. The van der Waals surface area contributed by atoms with Gasteiger partial charge in [0, 0.05) is 18.7 Å². The third-order valence-corrected chi connectivity index (χ3v) is 6.10. The highest BCUT2D eigenvalue weighted by atomic mass is 32.2. The molecule has 31 heavy (non-hydrogen) atoms. The van der Waals surface area contributed by atoms with E-state index in [1.807, 2.05) is 37.3 Å². The summed E-state index contributed by atoms with van der Waals surface area (Å²) in [6.45, 7) is 3.04. The van der Waals surface area contributed by atoms with Crippen molar-refractivity contribution in [3.05, 3.63) is 89.9 Å². The number of carbonyl (C=O) groups is 1. The lowest BCUT2D eigenvalue weighted by Crippen LogP contribution is -2.26. The van der Waals surface area contributed by atoms with Gasteiger partial charge in [-0.15, -0.1) is 0 Å². The number of furan rings is 1. The Kier molecular flexibility index (Phi) is 8.00. The van der Waals surface area contributed by atoms with Crippen LogP contribution in [-0.4, -0.2) is 27.5 Å². The Bertz CT molecular complexity index is 1050. The van der Waals surface area contributed by atoms with Gasteiger partial charge < -0.3 is 14.5 Å². The van der Waals surface area contributed by atoms with Gasteiger partial charge in [0.2, 0.25) is 10.0 Å². The van der Waals surface area contributed by atoms with Crippen molar-refractivity contribution in [2.24, 2.45) is 0 Å². The summed E-state index contributed by atoms with van der Waals surface area (Å²) in [5, 5.41) is 2.82. The maximum atomic E-state index is 12.3. The Morgan fingerprint density at radius 1 is 1.03 bits per heavy atom. The lowest BCUT2D eigenvalue weighted by atomic mass is 10.1. The molecule has 1 heterocycles. The number of amides is 1. The molecule has 1 aromatic heterocycles. The monoisotopic (exact) mass is 442 g/mol. The molecule has 0 saturated carbocycles. The quantitative estimate of drug-likeness (QED) is 0.442. The second kappa shape index (κ2) is 10.9. The maximum Gasteiger partial charge on any atom is 0.251 e. The van der Waals surface area contributed by atoms with Gasteiger partial charge in [0.1, 0.15) is 5.76 Å². The molecule has 0 radical (unpaired) electrons. The molecule has 0 aliphatic rings. The molecule has 1 amide bonds. The standard InChI is InChI=1S/C23H26N2O5S/c1-18(19-7-3-2-4-8-19)29-16-6-14-24-23(26)20-10-12-22(13-11-20)31(27,28)25-17-21-9-5-15-30-21/h2-5,7-13,15,18,25H,6,14,16-17H2,1H3,(H,24,26). The van der Waals surface area contributed by atoms with E-state index in [9.17, 15) is 13.2 Å². The Labute approximate surface area is 182 Å². The summed E-state index contributed by atoms with van der Waals surface area (Å²) in [7, 11) is -3.69. The van der Waals surface area contributed by atoms with Gasteiger partial charge in [0.15, 0.2) is 0 Å². The Morgan fingerprint density at radius 3 is 2.45 bits per heavy atom. The molecule has 2 aromatic carbocycles. The molecule has 0 aliphatic heterocycles. The van der Waals surface area contributed by atoms with Crippen molar-refractivity contribution in [1.29, 1.82) is 0 Å². The fraction of sp³-hybridized carbons (Fsp3) is 0.261. The number of rotatable bonds is 11. The number of sulfonamides is 1. The Morgan fingerprint density at radius 2 is 1.77 bits per heavy atom. The zero-order valence-corrected chi connectivity index (χ0v) is 18.1. The highest BCUT2D eigenvalue weighted by Gasteiger charge is 2.15. The summed E-state index contributed by atoms with van der Waals surface area (Å²) >= 11 is 0. The van der Waals surface area contributed by atoms with Gasteiger partial charge in [0.05, 0.1) is 23.8 Å². The van der Waals surface area contributed by atoms with Crippen LogP contribution < -0.4 is 10.0 Å². The van der Waals surface area contributed by atoms with Gasteiger partial charge >= 0.3 is 0 Å². The molecule has 0 aliphatic carbocycles. The highest BCUT2D eigenvalue weighted by Crippen LogP contribution is 2.16. The normalized spacial score (nSPS) is 12.4. The minimum atomic E-state index is -3.69. The summed E-state index contributed by atoms with van der Waals surface area (Å²) in [5.41, 5.74) is 1.50. The fourth-order valence-corrected chi connectivity index (χ4v) is 3.90. The molecule has 8 heteroatoms. The number of benzene rings is 2. The number of hydrogen-bond donors (Lipinski definition) is 2. The molecule has 2 N–H and O–H groups in total. The minimum Gasteiger partial charge on any atom is -0.468 e. The zero-order chi connectivity index (χ0) is 22.1. The molecule has 0 saturated heterocycles. The molecule has 3 aromatic rings. The van der Waals surface area contributed by atoms with Crippen molar-refractivity contribution in [3.8, 4) is 0 Å². The predicted molar refractivity (Wildman–Crippen MR) is 117 cm³/mol. The molecule has 1 atom stereocenters. The first-order valence-corrected chi connectivity index (χ1v) is 11.5. The second-order valence-electron chi connectivity index (χ2n) is 6.96. The van der Waals surface area contributed by atoms with Crippen LogP contribution in [0.1, 0.15) is 41.1 Å². The smallest absolute Gasteiger partial charge is 0.251 e. The lowest BCUT2D eigenvalue weighted by Gasteiger charge is -2.13. The summed E-state index contributed by atoms with van der Waals surface area (Å²) in [4.78, 5) is 12.4. The summed E-state index contributed by atoms with van der Waals surface area (Å²) in [6, 6.07) is 19.1. The highest BCUT2D eigenvalue weighted by molar-refractivity contribution is 7.89. The average Bonchev–Trinajstić information content (AvgIpc) is 3.32. The van der Waals surface area contributed by atoms with Crippen molar-refractivity contribution in [2.75, 3.05) is 13.2 Å². The second-order valence-corrected chi connectivity index (χ2v) is 8.73. The lowest BCUT2D eigenvalue weighted by molar-refractivity contribution is 0.0635. The van der Waals surface area contributed by atoms with Gasteiger partial charge in [-0.25, -0.2) is 13.1 Å². The SMILES string of the molecule is CC(OCCCNC(=O)c1ccc(S(=O)(=O)NCc2ccco2)cc1)c1ccccc1. The van der Waals surface area contributed by atoms with E-state index >= 15 is 0 Å². The van der Waals surface area contributed by atoms with E-state index in [2.05, 4.69) is 10.0 Å². The maximum absolute atomic E-state index is 12.3. The molecule has 3 rings (SSSR count). The van der Waals surface area contributed by atoms with Crippen LogP contribution in [0, 0.1) is 0 Å². The molecule has 1 unspecified atom stereocenters. The first-order chi connectivity index (χ1) is 15.0. The van der Waals surface area contributed by atoms with Gasteiger partial charge in [-0.05, 0) is 55.3 Å². The molecule has 0 bridgehead atoms. The molecule has 0 spiro atoms. The number of hydrogen-bond acceptors (Lipinski definition) is 5. The Hall–Kier alpha value is -2.94. The fourth-order valence-electron chi connectivity index (χ4n) is 2.90. The van der Waals surface area contributed by atoms with Crippen LogP contribution >= 0.6 is 0 Å². The predicted octanol–water partition coefficient (Wildman–Crippen LogP) is 3.66. The van der Waals surface area contributed by atoms with Crippen LogP contribution in [0.5, 0.6) is 0 Å². The van der Waals surface area contributed by atoms with E-state index < -0.39 is 10.0 Å².